The number of aliphatic hydroxyl groups excluding tert-OH is 1. The Kier molecular flexibility index (Phi) is 7.49. The molecule has 0 aromatic carbocycles. The number of carbonyl (C=O) groups excluding carboxylic acids is 1. The van der Waals surface area contributed by atoms with Gasteiger partial charge in [-0.2, -0.15) is 0 Å². The summed E-state index contributed by atoms with van der Waals surface area (Å²) in [7, 11) is 0. The molecule has 0 aliphatic heterocycles. The van der Waals surface area contributed by atoms with Crippen LogP contribution in [0, 0.1) is 0 Å². The van der Waals surface area contributed by atoms with Gasteiger partial charge in [-0.15, -0.1) is 0 Å². The number of nitrogens with one attached hydrogen (secondary N) is 1. The molecule has 5 N–H and O–H groups in total. The van der Waals surface area contributed by atoms with Crippen molar-refractivity contribution in [3.63, 3.8) is 0 Å². The number of hydrogen-bond acceptors (Lipinski definition) is 4. The third-order valence-corrected chi connectivity index (χ3v) is 2.13. The molecule has 6 nitrogen and oxygen atoms in total. The van der Waals surface area contributed by atoms with E-state index in [-0.39, 0.29) is 31.3 Å². The number of hydrogen-bond donors (Lipinski definition) is 4. The lowest BCUT2D eigenvalue weighted by Crippen LogP contribution is -2.34. The lowest BCUT2D eigenvalue weighted by molar-refractivity contribution is -0.147. The minimum absolute atomic E-state index is 0.00406. The minimum Gasteiger partial charge on any atom is -0.479 e. The third-order valence-electron chi connectivity index (χ3n) is 2.13. The fourth-order valence-corrected chi connectivity index (χ4v) is 1.25. The molecule has 0 fully saturated rings. The van der Waals surface area contributed by atoms with E-state index in [4.69, 9.17) is 15.9 Å². The molecule has 0 spiro atoms. The van der Waals surface area contributed by atoms with E-state index < -0.39 is 12.1 Å². The van der Waals surface area contributed by atoms with Crippen LogP contribution in [0.15, 0.2) is 0 Å². The first-order valence-electron chi connectivity index (χ1n) is 5.40. The molecule has 0 aliphatic rings. The largest absolute Gasteiger partial charge is 0.479 e. The Labute approximate surface area is 94.8 Å². The number of nitrogens with two attached hydrogens (primary N) is 1. The smallest absolute Gasteiger partial charge is 0.332 e. The van der Waals surface area contributed by atoms with Gasteiger partial charge in [-0.25, -0.2) is 4.79 Å². The standard InChI is InChI=1S/C10H20N2O4/c1-2-3-7(11)6-9(14)12-5-4-8(13)10(15)16/h7-8,13H,2-6,11H2,1H3,(H,12,14)(H,15,16). The van der Waals surface area contributed by atoms with Crippen LogP contribution in [0.1, 0.15) is 32.6 Å². The predicted octanol–water partition coefficient (Wildman–Crippen LogP) is -0.544. The van der Waals surface area contributed by atoms with Crippen LogP contribution >= 0.6 is 0 Å². The Morgan fingerprint density at radius 1 is 1.38 bits per heavy atom. The zero-order chi connectivity index (χ0) is 12.6. The fraction of sp³-hybridized carbons (Fsp3) is 0.800. The lowest BCUT2D eigenvalue weighted by Gasteiger charge is -2.11. The van der Waals surface area contributed by atoms with E-state index in [0.29, 0.717) is 0 Å². The maximum absolute atomic E-state index is 11.3. The molecular weight excluding hydrogens is 212 g/mol. The molecule has 0 heterocycles. The van der Waals surface area contributed by atoms with Crippen molar-refractivity contribution in [1.29, 1.82) is 0 Å². The van der Waals surface area contributed by atoms with Gasteiger partial charge in [0, 0.05) is 25.4 Å². The van der Waals surface area contributed by atoms with Crippen molar-refractivity contribution in [2.24, 2.45) is 5.73 Å². The molecule has 0 aromatic rings. The predicted molar refractivity (Wildman–Crippen MR) is 58.8 cm³/mol. The van der Waals surface area contributed by atoms with Crippen LogP contribution < -0.4 is 11.1 Å². The van der Waals surface area contributed by atoms with Crippen molar-refractivity contribution >= 4 is 11.9 Å². The molecule has 6 heteroatoms. The Balaban J connectivity index is 3.62. The van der Waals surface area contributed by atoms with Crippen LogP contribution in [0.3, 0.4) is 0 Å². The molecule has 94 valence electrons. The molecule has 2 unspecified atom stereocenters. The summed E-state index contributed by atoms with van der Waals surface area (Å²) in [4.78, 5) is 21.5. The van der Waals surface area contributed by atoms with E-state index >= 15 is 0 Å². The number of carboxylic acid groups (broad SMARTS) is 1. The van der Waals surface area contributed by atoms with E-state index in [0.717, 1.165) is 12.8 Å². The molecule has 0 rings (SSSR count). The van der Waals surface area contributed by atoms with Crippen molar-refractivity contribution in [2.75, 3.05) is 6.54 Å². The summed E-state index contributed by atoms with van der Waals surface area (Å²) in [6.07, 6.45) is 0.517. The molecule has 0 radical (unpaired) electrons. The van der Waals surface area contributed by atoms with Crippen LogP contribution in [0.25, 0.3) is 0 Å². The van der Waals surface area contributed by atoms with Gasteiger partial charge in [-0.05, 0) is 6.42 Å². The lowest BCUT2D eigenvalue weighted by atomic mass is 10.1. The van der Waals surface area contributed by atoms with Gasteiger partial charge in [0.15, 0.2) is 6.10 Å². The summed E-state index contributed by atoms with van der Waals surface area (Å²) < 4.78 is 0. The second-order valence-corrected chi connectivity index (χ2v) is 3.75. The van der Waals surface area contributed by atoms with Crippen molar-refractivity contribution in [1.82, 2.24) is 5.32 Å². The minimum atomic E-state index is -1.43. The monoisotopic (exact) mass is 232 g/mol. The SMILES string of the molecule is CCCC(N)CC(=O)NCCC(O)C(=O)O. The number of rotatable bonds is 8. The quantitative estimate of drug-likeness (QED) is 0.449. The molecule has 1 amide bonds. The first-order valence-corrected chi connectivity index (χ1v) is 5.40. The van der Waals surface area contributed by atoms with Gasteiger partial charge < -0.3 is 21.3 Å². The maximum Gasteiger partial charge on any atom is 0.332 e. The highest BCUT2D eigenvalue weighted by molar-refractivity contribution is 5.76. The zero-order valence-electron chi connectivity index (χ0n) is 9.48. The number of aliphatic carboxylic acids is 1. The summed E-state index contributed by atoms with van der Waals surface area (Å²) in [5.41, 5.74) is 5.66. The van der Waals surface area contributed by atoms with Crippen LogP contribution in [0.5, 0.6) is 0 Å². The number of carbonyl (C=O) groups is 2. The summed E-state index contributed by atoms with van der Waals surface area (Å²) in [6.45, 7) is 2.13. The van der Waals surface area contributed by atoms with Gasteiger partial charge in [0.2, 0.25) is 5.91 Å². The Hall–Kier alpha value is -1.14. The Morgan fingerprint density at radius 3 is 2.50 bits per heavy atom. The van der Waals surface area contributed by atoms with Crippen LogP contribution in [0.4, 0.5) is 0 Å². The highest BCUT2D eigenvalue weighted by atomic mass is 16.4. The van der Waals surface area contributed by atoms with Crippen molar-refractivity contribution in [3.8, 4) is 0 Å². The van der Waals surface area contributed by atoms with Gasteiger partial charge in [0.1, 0.15) is 0 Å². The van der Waals surface area contributed by atoms with E-state index in [1.165, 1.54) is 0 Å². The maximum atomic E-state index is 11.3. The topological polar surface area (TPSA) is 113 Å². The van der Waals surface area contributed by atoms with Crippen LogP contribution in [-0.2, 0) is 9.59 Å². The zero-order valence-corrected chi connectivity index (χ0v) is 9.48. The average molecular weight is 232 g/mol. The molecule has 0 bridgehead atoms. The summed E-state index contributed by atoms with van der Waals surface area (Å²) in [6, 6.07) is -0.158. The van der Waals surface area contributed by atoms with E-state index in [1.807, 2.05) is 6.92 Å². The van der Waals surface area contributed by atoms with Gasteiger partial charge in [-0.3, -0.25) is 4.79 Å². The molecular formula is C10H20N2O4. The number of amides is 1. The Bertz CT molecular complexity index is 233. The second-order valence-electron chi connectivity index (χ2n) is 3.75. The first-order chi connectivity index (χ1) is 7.47. The molecule has 0 aromatic heterocycles. The summed E-state index contributed by atoms with van der Waals surface area (Å²) in [5.74, 6) is -1.49. The highest BCUT2D eigenvalue weighted by Gasteiger charge is 2.13. The van der Waals surface area contributed by atoms with Gasteiger partial charge in [0.25, 0.3) is 0 Å². The molecule has 0 saturated heterocycles. The van der Waals surface area contributed by atoms with Crippen molar-refractivity contribution < 1.29 is 19.8 Å². The summed E-state index contributed by atoms with van der Waals surface area (Å²) >= 11 is 0. The van der Waals surface area contributed by atoms with E-state index in [9.17, 15) is 9.59 Å². The van der Waals surface area contributed by atoms with Gasteiger partial charge in [0.05, 0.1) is 0 Å². The molecule has 2 atom stereocenters. The average Bonchev–Trinajstić information content (AvgIpc) is 2.17. The van der Waals surface area contributed by atoms with Crippen molar-refractivity contribution in [3.05, 3.63) is 0 Å². The van der Waals surface area contributed by atoms with Crippen LogP contribution in [0.2, 0.25) is 0 Å². The number of carboxylic acids is 1. The van der Waals surface area contributed by atoms with Gasteiger partial charge >= 0.3 is 5.97 Å². The Morgan fingerprint density at radius 2 is 2.00 bits per heavy atom. The second kappa shape index (κ2) is 8.06. The highest BCUT2D eigenvalue weighted by Crippen LogP contribution is 1.98. The number of aliphatic hydroxyl groups is 1. The first kappa shape index (κ1) is 14.9. The van der Waals surface area contributed by atoms with E-state index in [2.05, 4.69) is 5.32 Å². The molecule has 16 heavy (non-hydrogen) atoms. The van der Waals surface area contributed by atoms with Gasteiger partial charge in [-0.1, -0.05) is 13.3 Å². The van der Waals surface area contributed by atoms with Crippen LogP contribution in [-0.4, -0.2) is 40.8 Å². The fourth-order valence-electron chi connectivity index (χ4n) is 1.25. The molecule has 0 saturated carbocycles. The summed E-state index contributed by atoms with van der Waals surface area (Å²) in [5, 5.41) is 19.8. The normalized spacial score (nSPS) is 14.2. The third kappa shape index (κ3) is 7.19. The molecule has 0 aliphatic carbocycles. The van der Waals surface area contributed by atoms with Crippen molar-refractivity contribution in [2.45, 2.75) is 44.8 Å². The van der Waals surface area contributed by atoms with E-state index in [1.54, 1.807) is 0 Å².